The largest absolute Gasteiger partial charge is 0.344 e. The Morgan fingerprint density at radius 1 is 1.15 bits per heavy atom. The number of anilines is 2. The minimum Gasteiger partial charge on any atom is -0.344 e. The number of hydrogen-bond acceptors (Lipinski definition) is 2. The number of halogens is 1. The second-order valence-electron chi connectivity index (χ2n) is 5.08. The normalized spacial score (nSPS) is 12.2. The van der Waals surface area contributed by atoms with Gasteiger partial charge >= 0.3 is 0 Å². The van der Waals surface area contributed by atoms with Gasteiger partial charge in [-0.25, -0.2) is 0 Å². The molecule has 2 nitrogen and oxygen atoms in total. The van der Waals surface area contributed by atoms with Crippen molar-refractivity contribution in [1.29, 1.82) is 0 Å². The van der Waals surface area contributed by atoms with Crippen LogP contribution in [0.15, 0.2) is 46.9 Å². The summed E-state index contributed by atoms with van der Waals surface area (Å²) in [4.78, 5) is 2.18. The van der Waals surface area contributed by atoms with Crippen LogP contribution in [-0.4, -0.2) is 7.05 Å². The molecule has 0 saturated heterocycles. The quantitative estimate of drug-likeness (QED) is 0.871. The monoisotopic (exact) mass is 332 g/mol. The average molecular weight is 333 g/mol. The van der Waals surface area contributed by atoms with Gasteiger partial charge in [0.1, 0.15) is 0 Å². The van der Waals surface area contributed by atoms with Crippen molar-refractivity contribution in [3.63, 3.8) is 0 Å². The third-order valence-electron chi connectivity index (χ3n) is 3.59. The van der Waals surface area contributed by atoms with Crippen LogP contribution in [0.1, 0.15) is 31.0 Å². The van der Waals surface area contributed by atoms with E-state index >= 15 is 0 Å². The number of aryl methyl sites for hydroxylation is 1. The minimum atomic E-state index is 0.0505. The van der Waals surface area contributed by atoms with Gasteiger partial charge < -0.3 is 10.6 Å². The molecule has 0 aromatic heterocycles. The molecule has 2 N–H and O–H groups in total. The van der Waals surface area contributed by atoms with Crippen molar-refractivity contribution >= 4 is 27.3 Å². The van der Waals surface area contributed by atoms with Gasteiger partial charge in [-0.15, -0.1) is 0 Å². The van der Waals surface area contributed by atoms with Gasteiger partial charge in [0.25, 0.3) is 0 Å². The number of rotatable bonds is 4. The molecule has 20 heavy (non-hydrogen) atoms. The Labute approximate surface area is 129 Å². The lowest BCUT2D eigenvalue weighted by Crippen LogP contribution is -2.11. The maximum absolute atomic E-state index is 5.92. The Morgan fingerprint density at radius 2 is 1.80 bits per heavy atom. The molecule has 0 aliphatic rings. The van der Waals surface area contributed by atoms with Crippen molar-refractivity contribution < 1.29 is 0 Å². The molecule has 2 rings (SSSR count). The van der Waals surface area contributed by atoms with Crippen molar-refractivity contribution in [3.8, 4) is 0 Å². The zero-order valence-corrected chi connectivity index (χ0v) is 13.8. The maximum Gasteiger partial charge on any atom is 0.0552 e. The van der Waals surface area contributed by atoms with Crippen molar-refractivity contribution in [3.05, 3.63) is 58.1 Å². The average Bonchev–Trinajstić information content (AvgIpc) is 2.46. The highest BCUT2D eigenvalue weighted by Gasteiger charge is 2.10. The molecule has 0 unspecified atom stereocenters. The zero-order chi connectivity index (χ0) is 14.7. The first-order valence-electron chi connectivity index (χ1n) is 6.90. The maximum atomic E-state index is 5.92. The van der Waals surface area contributed by atoms with E-state index in [2.05, 4.69) is 77.3 Å². The first kappa shape index (κ1) is 15.1. The summed E-state index contributed by atoms with van der Waals surface area (Å²) < 4.78 is 1.06. The second-order valence-corrected chi connectivity index (χ2v) is 5.93. The molecule has 0 aliphatic heterocycles. The smallest absolute Gasteiger partial charge is 0.0552 e. The highest BCUT2D eigenvalue weighted by Crippen LogP contribution is 2.32. The molecule has 0 heterocycles. The van der Waals surface area contributed by atoms with Crippen LogP contribution in [0, 0.1) is 0 Å². The summed E-state index contributed by atoms with van der Waals surface area (Å²) >= 11 is 3.64. The molecular weight excluding hydrogens is 312 g/mol. The predicted molar refractivity (Wildman–Crippen MR) is 90.6 cm³/mol. The van der Waals surface area contributed by atoms with Gasteiger partial charge in [-0.3, -0.25) is 0 Å². The zero-order valence-electron chi connectivity index (χ0n) is 12.2. The Kier molecular flexibility index (Phi) is 4.84. The van der Waals surface area contributed by atoms with E-state index in [0.717, 1.165) is 22.1 Å². The van der Waals surface area contributed by atoms with E-state index in [4.69, 9.17) is 5.73 Å². The van der Waals surface area contributed by atoms with E-state index in [9.17, 15) is 0 Å². The molecule has 0 radical (unpaired) electrons. The van der Waals surface area contributed by atoms with Gasteiger partial charge in [-0.05, 0) is 64.7 Å². The molecule has 0 aliphatic carbocycles. The Balaban J connectivity index is 2.30. The molecular formula is C17H21BrN2. The summed E-state index contributed by atoms with van der Waals surface area (Å²) in [5, 5.41) is 0. The standard InChI is InChI=1S/C17H21BrN2/c1-4-13-5-8-15(9-6-13)20(3)17-10-7-14(12(2)19)11-16(17)18/h5-12H,4,19H2,1-3H3/t12-/m0/s1. The molecule has 2 aromatic rings. The van der Waals surface area contributed by atoms with Crippen molar-refractivity contribution in [2.75, 3.05) is 11.9 Å². The van der Waals surface area contributed by atoms with Crippen molar-refractivity contribution in [2.45, 2.75) is 26.3 Å². The molecule has 0 fully saturated rings. The fourth-order valence-corrected chi connectivity index (χ4v) is 2.84. The van der Waals surface area contributed by atoms with Gasteiger partial charge in [-0.2, -0.15) is 0 Å². The summed E-state index contributed by atoms with van der Waals surface area (Å²) in [6, 6.07) is 15.0. The molecule has 106 valence electrons. The molecule has 1 atom stereocenters. The molecule has 3 heteroatoms. The van der Waals surface area contributed by atoms with Crippen LogP contribution >= 0.6 is 15.9 Å². The van der Waals surface area contributed by atoms with Crippen LogP contribution in [-0.2, 0) is 6.42 Å². The SMILES string of the molecule is CCc1ccc(N(C)c2ccc([C@H](C)N)cc2Br)cc1. The van der Waals surface area contributed by atoms with Gasteiger partial charge in [0.2, 0.25) is 0 Å². The van der Waals surface area contributed by atoms with E-state index in [0.29, 0.717) is 0 Å². The van der Waals surface area contributed by atoms with Crippen LogP contribution in [0.3, 0.4) is 0 Å². The lowest BCUT2D eigenvalue weighted by Gasteiger charge is -2.22. The molecule has 0 amide bonds. The number of hydrogen-bond donors (Lipinski definition) is 1. The molecule has 0 saturated carbocycles. The minimum absolute atomic E-state index is 0.0505. The van der Waals surface area contributed by atoms with Crippen LogP contribution in [0.4, 0.5) is 11.4 Å². The second kappa shape index (κ2) is 6.42. The Hall–Kier alpha value is -1.32. The van der Waals surface area contributed by atoms with E-state index in [1.165, 1.54) is 11.3 Å². The fourth-order valence-electron chi connectivity index (χ4n) is 2.17. The molecule has 0 bridgehead atoms. The lowest BCUT2D eigenvalue weighted by molar-refractivity contribution is 0.817. The number of nitrogens with two attached hydrogens (primary N) is 1. The Morgan fingerprint density at radius 3 is 2.30 bits per heavy atom. The Bertz CT molecular complexity index is 576. The van der Waals surface area contributed by atoms with Gasteiger partial charge in [-0.1, -0.05) is 25.1 Å². The van der Waals surface area contributed by atoms with E-state index in [1.807, 2.05) is 6.92 Å². The van der Waals surface area contributed by atoms with Crippen molar-refractivity contribution in [1.82, 2.24) is 0 Å². The summed E-state index contributed by atoms with van der Waals surface area (Å²) in [6.07, 6.45) is 1.07. The van der Waals surface area contributed by atoms with Gasteiger partial charge in [0, 0.05) is 23.2 Å². The van der Waals surface area contributed by atoms with Crippen molar-refractivity contribution in [2.24, 2.45) is 5.73 Å². The van der Waals surface area contributed by atoms with Crippen LogP contribution < -0.4 is 10.6 Å². The summed E-state index contributed by atoms with van der Waals surface area (Å²) in [7, 11) is 2.08. The number of benzene rings is 2. The number of nitrogens with zero attached hydrogens (tertiary/aromatic N) is 1. The summed E-state index contributed by atoms with van der Waals surface area (Å²) in [5.74, 6) is 0. The van der Waals surface area contributed by atoms with Crippen LogP contribution in [0.25, 0.3) is 0 Å². The van der Waals surface area contributed by atoms with Crippen LogP contribution in [0.2, 0.25) is 0 Å². The van der Waals surface area contributed by atoms with E-state index < -0.39 is 0 Å². The third-order valence-corrected chi connectivity index (χ3v) is 4.23. The van der Waals surface area contributed by atoms with E-state index in [-0.39, 0.29) is 6.04 Å². The molecule has 2 aromatic carbocycles. The van der Waals surface area contributed by atoms with Gasteiger partial charge in [0.05, 0.1) is 5.69 Å². The summed E-state index contributed by atoms with van der Waals surface area (Å²) in [6.45, 7) is 4.16. The summed E-state index contributed by atoms with van der Waals surface area (Å²) in [5.41, 5.74) is 10.7. The van der Waals surface area contributed by atoms with Gasteiger partial charge in [0.15, 0.2) is 0 Å². The van der Waals surface area contributed by atoms with E-state index in [1.54, 1.807) is 0 Å². The van der Waals surface area contributed by atoms with Crippen LogP contribution in [0.5, 0.6) is 0 Å². The topological polar surface area (TPSA) is 29.3 Å². The predicted octanol–water partition coefficient (Wildman–Crippen LogP) is 4.80. The first-order valence-corrected chi connectivity index (χ1v) is 7.70. The molecule has 0 spiro atoms. The fraction of sp³-hybridized carbons (Fsp3) is 0.294. The lowest BCUT2D eigenvalue weighted by atomic mass is 10.1. The third kappa shape index (κ3) is 3.22. The first-order chi connectivity index (χ1) is 9.52. The highest BCUT2D eigenvalue weighted by molar-refractivity contribution is 9.10. The highest BCUT2D eigenvalue weighted by atomic mass is 79.9.